The summed E-state index contributed by atoms with van der Waals surface area (Å²) in [6, 6.07) is 0. The Labute approximate surface area is 149 Å². The molecular formula is C18H30N4O3. The average molecular weight is 350 g/mol. The van der Waals surface area contributed by atoms with Crippen LogP contribution < -0.4 is 10.6 Å². The van der Waals surface area contributed by atoms with E-state index in [9.17, 15) is 9.59 Å². The predicted molar refractivity (Wildman–Crippen MR) is 95.8 cm³/mol. The number of hydrogen-bond acceptors (Lipinski definition) is 4. The lowest BCUT2D eigenvalue weighted by atomic mass is 10.1. The van der Waals surface area contributed by atoms with Crippen LogP contribution in [0, 0.1) is 0 Å². The maximum absolute atomic E-state index is 12.5. The van der Waals surface area contributed by atoms with E-state index in [1.165, 1.54) is 0 Å². The zero-order valence-electron chi connectivity index (χ0n) is 15.4. The van der Waals surface area contributed by atoms with E-state index in [0.29, 0.717) is 31.2 Å². The predicted octanol–water partition coefficient (Wildman–Crippen LogP) is 1.91. The second-order valence-corrected chi connectivity index (χ2v) is 6.40. The fourth-order valence-corrected chi connectivity index (χ4v) is 3.06. The summed E-state index contributed by atoms with van der Waals surface area (Å²) in [4.78, 5) is 29.3. The summed E-state index contributed by atoms with van der Waals surface area (Å²) in [6.45, 7) is 4.66. The number of imidazole rings is 1. The van der Waals surface area contributed by atoms with E-state index in [1.54, 1.807) is 7.11 Å². The van der Waals surface area contributed by atoms with Gasteiger partial charge in [0.1, 0.15) is 5.69 Å². The number of nitrogens with zero attached hydrogens (tertiary/aromatic N) is 2. The van der Waals surface area contributed by atoms with Gasteiger partial charge in [-0.3, -0.25) is 9.59 Å². The molecule has 1 aromatic rings. The minimum absolute atomic E-state index is 0.166. The van der Waals surface area contributed by atoms with E-state index in [2.05, 4.69) is 22.5 Å². The van der Waals surface area contributed by atoms with Gasteiger partial charge >= 0.3 is 0 Å². The molecule has 2 heterocycles. The topological polar surface area (TPSA) is 85.2 Å². The number of methoxy groups -OCH3 is 1. The summed E-state index contributed by atoms with van der Waals surface area (Å²) < 4.78 is 6.90. The first-order valence-corrected chi connectivity index (χ1v) is 9.33. The van der Waals surface area contributed by atoms with Crippen molar-refractivity contribution in [3.05, 3.63) is 17.2 Å². The lowest BCUT2D eigenvalue weighted by Crippen LogP contribution is -2.29. The molecule has 1 aromatic heterocycles. The highest BCUT2D eigenvalue weighted by molar-refractivity contribution is 5.97. The monoisotopic (exact) mass is 350 g/mol. The van der Waals surface area contributed by atoms with Gasteiger partial charge in [-0.1, -0.05) is 19.8 Å². The molecule has 0 unspecified atom stereocenters. The van der Waals surface area contributed by atoms with Crippen LogP contribution in [-0.2, 0) is 17.7 Å². The van der Waals surface area contributed by atoms with Crippen LogP contribution in [-0.4, -0.2) is 48.2 Å². The molecule has 2 rings (SSSR count). The molecule has 0 saturated carbocycles. The summed E-state index contributed by atoms with van der Waals surface area (Å²) in [5, 5.41) is 5.80. The Balaban J connectivity index is 2.06. The van der Waals surface area contributed by atoms with Crippen molar-refractivity contribution >= 4 is 11.8 Å². The van der Waals surface area contributed by atoms with Gasteiger partial charge in [-0.05, 0) is 32.1 Å². The van der Waals surface area contributed by atoms with Crippen molar-refractivity contribution < 1.29 is 14.3 Å². The fourth-order valence-electron chi connectivity index (χ4n) is 3.06. The molecule has 2 N–H and O–H groups in total. The molecule has 0 saturated heterocycles. The second kappa shape index (κ2) is 10.2. The number of nitrogens with one attached hydrogen (secondary N) is 2. The summed E-state index contributed by atoms with van der Waals surface area (Å²) in [5.74, 6) is -0.0321. The molecule has 140 valence electrons. The molecule has 25 heavy (non-hydrogen) atoms. The van der Waals surface area contributed by atoms with E-state index in [0.717, 1.165) is 57.2 Å². The van der Waals surface area contributed by atoms with Crippen LogP contribution in [0.4, 0.5) is 0 Å². The molecule has 1 aliphatic rings. The Kier molecular flexibility index (Phi) is 7.91. The summed E-state index contributed by atoms with van der Waals surface area (Å²) in [6.07, 6.45) is 6.74. The zero-order valence-corrected chi connectivity index (χ0v) is 15.4. The van der Waals surface area contributed by atoms with Crippen LogP contribution in [0.5, 0.6) is 0 Å². The van der Waals surface area contributed by atoms with Crippen molar-refractivity contribution in [2.45, 2.75) is 58.4 Å². The van der Waals surface area contributed by atoms with E-state index in [-0.39, 0.29) is 11.8 Å². The molecule has 0 aromatic carbocycles. The lowest BCUT2D eigenvalue weighted by molar-refractivity contribution is 0.0932. The van der Waals surface area contributed by atoms with Gasteiger partial charge < -0.3 is 19.9 Å². The quantitative estimate of drug-likeness (QED) is 0.631. The van der Waals surface area contributed by atoms with Crippen LogP contribution in [0.1, 0.15) is 72.3 Å². The summed E-state index contributed by atoms with van der Waals surface area (Å²) in [5.41, 5.74) is 1.31. The normalized spacial score (nSPS) is 13.4. The number of carbonyl (C=O) groups is 2. The van der Waals surface area contributed by atoms with Gasteiger partial charge in [0.25, 0.3) is 11.8 Å². The molecule has 7 heteroatoms. The highest BCUT2D eigenvalue weighted by Gasteiger charge is 2.27. The number of aromatic nitrogens is 2. The van der Waals surface area contributed by atoms with Crippen molar-refractivity contribution in [3.8, 4) is 0 Å². The standard InChI is InChI=1S/C18H30N4O3/c1-3-4-6-10-19-17(23)15-14-9-5-7-12-22(14)16(21-15)18(24)20-11-8-13-25-2/h3-13H2,1-2H3,(H,19,23)(H,20,24). The van der Waals surface area contributed by atoms with Crippen LogP contribution >= 0.6 is 0 Å². The molecule has 2 amide bonds. The lowest BCUT2D eigenvalue weighted by Gasteiger charge is -2.17. The number of carbonyl (C=O) groups excluding carboxylic acids is 2. The molecule has 0 spiro atoms. The van der Waals surface area contributed by atoms with Gasteiger partial charge in [-0.15, -0.1) is 0 Å². The van der Waals surface area contributed by atoms with Gasteiger partial charge in [0.05, 0.1) is 5.69 Å². The second-order valence-electron chi connectivity index (χ2n) is 6.40. The van der Waals surface area contributed by atoms with Crippen LogP contribution in [0.15, 0.2) is 0 Å². The number of unbranched alkanes of at least 4 members (excludes halogenated alkanes) is 2. The molecular weight excluding hydrogens is 320 g/mol. The van der Waals surface area contributed by atoms with E-state index in [4.69, 9.17) is 4.74 Å². The maximum Gasteiger partial charge on any atom is 0.287 e. The Morgan fingerprint density at radius 3 is 2.64 bits per heavy atom. The van der Waals surface area contributed by atoms with Gasteiger partial charge in [-0.2, -0.15) is 0 Å². The van der Waals surface area contributed by atoms with Gasteiger partial charge in [-0.25, -0.2) is 4.98 Å². The Hall–Kier alpha value is -1.89. The summed E-state index contributed by atoms with van der Waals surface area (Å²) >= 11 is 0. The van der Waals surface area contributed by atoms with Crippen molar-refractivity contribution in [2.75, 3.05) is 26.8 Å². The molecule has 0 bridgehead atoms. The third kappa shape index (κ3) is 5.29. The highest BCUT2D eigenvalue weighted by Crippen LogP contribution is 2.21. The van der Waals surface area contributed by atoms with E-state index >= 15 is 0 Å². The minimum Gasteiger partial charge on any atom is -0.385 e. The fraction of sp³-hybridized carbons (Fsp3) is 0.722. The third-order valence-electron chi connectivity index (χ3n) is 4.41. The largest absolute Gasteiger partial charge is 0.385 e. The first-order valence-electron chi connectivity index (χ1n) is 9.33. The van der Waals surface area contributed by atoms with Gasteiger partial charge in [0, 0.05) is 33.4 Å². The molecule has 0 aliphatic carbocycles. The van der Waals surface area contributed by atoms with E-state index < -0.39 is 0 Å². The van der Waals surface area contributed by atoms with Crippen LogP contribution in [0.3, 0.4) is 0 Å². The van der Waals surface area contributed by atoms with E-state index in [1.807, 2.05) is 4.57 Å². The molecule has 0 radical (unpaired) electrons. The van der Waals surface area contributed by atoms with Crippen LogP contribution in [0.25, 0.3) is 0 Å². The number of fused-ring (bicyclic) bond motifs is 1. The molecule has 7 nitrogen and oxygen atoms in total. The highest BCUT2D eigenvalue weighted by atomic mass is 16.5. The number of amides is 2. The average Bonchev–Trinajstić information content (AvgIpc) is 3.02. The SMILES string of the molecule is CCCCCNC(=O)c1nc(C(=O)NCCCOC)n2c1CCCC2. The molecule has 0 atom stereocenters. The summed E-state index contributed by atoms with van der Waals surface area (Å²) in [7, 11) is 1.64. The van der Waals surface area contributed by atoms with Crippen molar-refractivity contribution in [3.63, 3.8) is 0 Å². The molecule has 0 fully saturated rings. The third-order valence-corrected chi connectivity index (χ3v) is 4.41. The van der Waals surface area contributed by atoms with Gasteiger partial charge in [0.15, 0.2) is 5.82 Å². The van der Waals surface area contributed by atoms with Crippen LogP contribution in [0.2, 0.25) is 0 Å². The molecule has 1 aliphatic heterocycles. The zero-order chi connectivity index (χ0) is 18.1. The Morgan fingerprint density at radius 2 is 1.88 bits per heavy atom. The van der Waals surface area contributed by atoms with Crippen molar-refractivity contribution in [1.82, 2.24) is 20.2 Å². The number of rotatable bonds is 10. The smallest absolute Gasteiger partial charge is 0.287 e. The van der Waals surface area contributed by atoms with Gasteiger partial charge in [0.2, 0.25) is 0 Å². The first-order chi connectivity index (χ1) is 12.2. The Morgan fingerprint density at radius 1 is 1.12 bits per heavy atom. The number of ether oxygens (including phenoxy) is 1. The maximum atomic E-state index is 12.5. The number of hydrogen-bond donors (Lipinski definition) is 2. The Bertz CT molecular complexity index is 535. The van der Waals surface area contributed by atoms with Crippen molar-refractivity contribution in [2.24, 2.45) is 0 Å². The minimum atomic E-state index is -0.218. The first kappa shape index (κ1) is 19.4. The van der Waals surface area contributed by atoms with Crippen molar-refractivity contribution in [1.29, 1.82) is 0 Å².